The Balaban J connectivity index is 1.75. The van der Waals surface area contributed by atoms with Crippen LogP contribution in [0.3, 0.4) is 0 Å². The lowest BCUT2D eigenvalue weighted by molar-refractivity contribution is -0.114. The van der Waals surface area contributed by atoms with Crippen LogP contribution in [0.1, 0.15) is 24.0 Å². The maximum Gasteiger partial charge on any atom is 0.188 e. The molecule has 2 saturated heterocycles. The van der Waals surface area contributed by atoms with Gasteiger partial charge in [-0.1, -0.05) is 24.3 Å². The smallest absolute Gasteiger partial charge is 0.188 e. The molecule has 2 atom stereocenters. The highest BCUT2D eigenvalue weighted by atomic mass is 19.1. The van der Waals surface area contributed by atoms with E-state index in [-0.39, 0.29) is 29.5 Å². The molecule has 4 rings (SSSR count). The minimum absolute atomic E-state index is 0.0317. The molecule has 2 fully saturated rings. The predicted molar refractivity (Wildman–Crippen MR) is 98.3 cm³/mol. The van der Waals surface area contributed by atoms with E-state index in [2.05, 4.69) is 4.90 Å². The molecule has 0 unspecified atom stereocenters. The maximum absolute atomic E-state index is 13.2. The largest absolute Gasteiger partial charge is 0.292 e. The van der Waals surface area contributed by atoms with Gasteiger partial charge < -0.3 is 0 Å². The van der Waals surface area contributed by atoms with Crippen LogP contribution < -0.4 is 0 Å². The van der Waals surface area contributed by atoms with Gasteiger partial charge in [-0.05, 0) is 67.4 Å². The second-order valence-corrected chi connectivity index (χ2v) is 6.91. The quantitative estimate of drug-likeness (QED) is 0.744. The second kappa shape index (κ2) is 6.61. The maximum atomic E-state index is 13.2. The Morgan fingerprint density at radius 3 is 1.58 bits per heavy atom. The molecule has 0 saturated carbocycles. The summed E-state index contributed by atoms with van der Waals surface area (Å²) < 4.78 is 26.3. The van der Waals surface area contributed by atoms with Crippen LogP contribution in [0.2, 0.25) is 0 Å². The number of halogens is 2. The molecule has 132 valence electrons. The lowest BCUT2D eigenvalue weighted by Crippen LogP contribution is -2.43. The third-order valence-electron chi connectivity index (χ3n) is 5.32. The van der Waals surface area contributed by atoms with E-state index in [0.717, 1.165) is 35.1 Å². The average Bonchev–Trinajstić information content (AvgIpc) is 2.94. The Kier molecular flexibility index (Phi) is 4.29. The zero-order chi connectivity index (χ0) is 18.3. The number of ketones is 1. The van der Waals surface area contributed by atoms with Gasteiger partial charge in [-0.2, -0.15) is 0 Å². The lowest BCUT2D eigenvalue weighted by atomic mass is 9.88. The zero-order valence-electron chi connectivity index (χ0n) is 14.5. The van der Waals surface area contributed by atoms with Gasteiger partial charge in [0.1, 0.15) is 11.6 Å². The molecule has 0 N–H and O–H groups in total. The summed E-state index contributed by atoms with van der Waals surface area (Å²) in [6.07, 6.45) is 5.56. The monoisotopic (exact) mass is 351 g/mol. The van der Waals surface area contributed by atoms with E-state index >= 15 is 0 Å². The van der Waals surface area contributed by atoms with Crippen LogP contribution in [-0.4, -0.2) is 29.8 Å². The number of carbonyl (C=O) groups excluding carboxylic acids is 1. The molecule has 2 bridgehead atoms. The molecule has 2 aliphatic heterocycles. The van der Waals surface area contributed by atoms with Crippen molar-refractivity contribution in [1.29, 1.82) is 0 Å². The summed E-state index contributed by atoms with van der Waals surface area (Å²) >= 11 is 0. The second-order valence-electron chi connectivity index (χ2n) is 6.91. The summed E-state index contributed by atoms with van der Waals surface area (Å²) in [5.74, 6) is -0.557. The summed E-state index contributed by atoms with van der Waals surface area (Å²) in [4.78, 5) is 15.4. The van der Waals surface area contributed by atoms with E-state index in [0.29, 0.717) is 0 Å². The van der Waals surface area contributed by atoms with Gasteiger partial charge in [-0.15, -0.1) is 0 Å². The van der Waals surface area contributed by atoms with E-state index in [1.54, 1.807) is 24.3 Å². The number of rotatable bonds is 2. The Morgan fingerprint density at radius 1 is 0.808 bits per heavy atom. The molecule has 0 spiro atoms. The van der Waals surface area contributed by atoms with Crippen LogP contribution in [0.4, 0.5) is 8.78 Å². The SMILES string of the molecule is CN1[C@H]2CC[C@H]1/C(=C\c1ccc(F)cc1)C(=O)/C2=C/c1ccc(F)cc1. The number of piperidine rings is 1. The van der Waals surface area contributed by atoms with Gasteiger partial charge in [-0.3, -0.25) is 9.69 Å². The minimum atomic E-state index is -0.294. The molecule has 0 amide bonds. The third-order valence-corrected chi connectivity index (χ3v) is 5.32. The van der Waals surface area contributed by atoms with Crippen molar-refractivity contribution in [2.45, 2.75) is 24.9 Å². The molecule has 2 aromatic carbocycles. The van der Waals surface area contributed by atoms with Crippen molar-refractivity contribution in [2.24, 2.45) is 0 Å². The summed E-state index contributed by atoms with van der Waals surface area (Å²) in [5, 5.41) is 0. The van der Waals surface area contributed by atoms with Crippen molar-refractivity contribution in [3.8, 4) is 0 Å². The third kappa shape index (κ3) is 3.01. The van der Waals surface area contributed by atoms with Gasteiger partial charge in [0.05, 0.1) is 0 Å². The van der Waals surface area contributed by atoms with Gasteiger partial charge in [0.2, 0.25) is 0 Å². The highest BCUT2D eigenvalue weighted by Gasteiger charge is 2.44. The summed E-state index contributed by atoms with van der Waals surface area (Å²) in [7, 11) is 2.03. The Hall–Kier alpha value is -2.59. The number of fused-ring (bicyclic) bond motifs is 2. The molecule has 2 aromatic rings. The zero-order valence-corrected chi connectivity index (χ0v) is 14.5. The fourth-order valence-electron chi connectivity index (χ4n) is 3.96. The van der Waals surface area contributed by atoms with Crippen molar-refractivity contribution >= 4 is 17.9 Å². The topological polar surface area (TPSA) is 20.3 Å². The predicted octanol–water partition coefficient (Wildman–Crippen LogP) is 4.48. The van der Waals surface area contributed by atoms with Gasteiger partial charge >= 0.3 is 0 Å². The summed E-state index contributed by atoms with van der Waals surface area (Å²) in [6, 6.07) is 12.5. The molecule has 0 aliphatic carbocycles. The van der Waals surface area contributed by atoms with Crippen molar-refractivity contribution in [1.82, 2.24) is 4.90 Å². The van der Waals surface area contributed by atoms with E-state index in [1.807, 2.05) is 19.2 Å². The fourth-order valence-corrected chi connectivity index (χ4v) is 3.96. The molecule has 2 nitrogen and oxygen atoms in total. The minimum Gasteiger partial charge on any atom is -0.292 e. The van der Waals surface area contributed by atoms with Crippen LogP contribution in [0, 0.1) is 11.6 Å². The molecule has 4 heteroatoms. The Labute approximate surface area is 151 Å². The van der Waals surface area contributed by atoms with Crippen molar-refractivity contribution in [3.63, 3.8) is 0 Å². The number of hydrogen-bond acceptors (Lipinski definition) is 2. The van der Waals surface area contributed by atoms with Crippen molar-refractivity contribution < 1.29 is 13.6 Å². The summed E-state index contributed by atoms with van der Waals surface area (Å²) in [5.41, 5.74) is 3.10. The van der Waals surface area contributed by atoms with Crippen molar-refractivity contribution in [3.05, 3.63) is 82.4 Å². The normalized spacial score (nSPS) is 26.0. The van der Waals surface area contributed by atoms with E-state index in [9.17, 15) is 13.6 Å². The molecule has 2 aliphatic rings. The fraction of sp³-hybridized carbons (Fsp3) is 0.227. The molecular formula is C22H19F2NO. The highest BCUT2D eigenvalue weighted by Crippen LogP contribution is 2.40. The number of benzene rings is 2. The molecule has 2 heterocycles. The lowest BCUT2D eigenvalue weighted by Gasteiger charge is -2.34. The van der Waals surface area contributed by atoms with Gasteiger partial charge in [-0.25, -0.2) is 8.78 Å². The van der Waals surface area contributed by atoms with E-state index in [4.69, 9.17) is 0 Å². The number of likely N-dealkylation sites (N-methyl/N-ethyl adjacent to an activating group) is 1. The molecule has 0 aromatic heterocycles. The molecular weight excluding hydrogens is 332 g/mol. The van der Waals surface area contributed by atoms with Crippen LogP contribution in [-0.2, 0) is 4.79 Å². The van der Waals surface area contributed by atoms with E-state index in [1.165, 1.54) is 24.3 Å². The summed E-state index contributed by atoms with van der Waals surface area (Å²) in [6.45, 7) is 0. The molecule has 26 heavy (non-hydrogen) atoms. The number of nitrogens with zero attached hydrogens (tertiary/aromatic N) is 1. The number of hydrogen-bond donors (Lipinski definition) is 0. The van der Waals surface area contributed by atoms with Gasteiger partial charge in [0.25, 0.3) is 0 Å². The first-order valence-electron chi connectivity index (χ1n) is 8.74. The van der Waals surface area contributed by atoms with Gasteiger partial charge in [0, 0.05) is 23.2 Å². The first-order valence-corrected chi connectivity index (χ1v) is 8.74. The number of carbonyl (C=O) groups is 1. The standard InChI is InChI=1S/C22H19F2NO/c1-25-20-10-11-21(25)19(13-15-4-8-17(24)9-5-15)22(26)18(20)12-14-2-6-16(23)7-3-14/h2-9,12-13,20-21H,10-11H2,1H3/b18-12+,19-13+/t20-,21-/m0/s1. The Bertz CT molecular complexity index is 823. The van der Waals surface area contributed by atoms with Crippen LogP contribution >= 0.6 is 0 Å². The van der Waals surface area contributed by atoms with Gasteiger partial charge in [0.15, 0.2) is 5.78 Å². The first kappa shape index (κ1) is 16.9. The van der Waals surface area contributed by atoms with Crippen LogP contribution in [0.25, 0.3) is 12.2 Å². The average molecular weight is 351 g/mol. The highest BCUT2D eigenvalue weighted by molar-refractivity contribution is 6.16. The van der Waals surface area contributed by atoms with Crippen LogP contribution in [0.15, 0.2) is 59.7 Å². The number of Topliss-reactive ketones (excluding diaryl/α,β-unsaturated/α-hetero) is 1. The van der Waals surface area contributed by atoms with Crippen LogP contribution in [0.5, 0.6) is 0 Å². The Morgan fingerprint density at radius 2 is 1.19 bits per heavy atom. The van der Waals surface area contributed by atoms with E-state index < -0.39 is 0 Å². The first-order chi connectivity index (χ1) is 12.5. The van der Waals surface area contributed by atoms with Crippen molar-refractivity contribution in [2.75, 3.05) is 7.05 Å². The molecule has 0 radical (unpaired) electrons.